The standard InChI is InChI=1S/C13H9NOS/c1-14-12(15)9-6-2-4-8-5-3-7-10(11(8)9)13(14)16/h2-7H,1H3. The van der Waals surface area contributed by atoms with Crippen LogP contribution in [0.4, 0.5) is 0 Å². The van der Waals surface area contributed by atoms with Gasteiger partial charge in [0.2, 0.25) is 0 Å². The molecule has 1 heterocycles. The second-order valence-corrected chi connectivity index (χ2v) is 4.27. The summed E-state index contributed by atoms with van der Waals surface area (Å²) in [5, 5.41) is 2.05. The molecule has 16 heavy (non-hydrogen) atoms. The van der Waals surface area contributed by atoms with Crippen molar-refractivity contribution in [2.45, 2.75) is 0 Å². The Morgan fingerprint density at radius 3 is 2.38 bits per heavy atom. The lowest BCUT2D eigenvalue weighted by atomic mass is 9.95. The molecule has 2 nitrogen and oxygen atoms in total. The van der Waals surface area contributed by atoms with Gasteiger partial charge in [-0.15, -0.1) is 0 Å². The average molecular weight is 227 g/mol. The maximum Gasteiger partial charge on any atom is 0.259 e. The molecule has 2 aromatic rings. The van der Waals surface area contributed by atoms with Crippen molar-refractivity contribution >= 4 is 33.9 Å². The quantitative estimate of drug-likeness (QED) is 0.645. The first kappa shape index (κ1) is 9.48. The highest BCUT2D eigenvalue weighted by atomic mass is 32.1. The third-order valence-corrected chi connectivity index (χ3v) is 3.47. The van der Waals surface area contributed by atoms with Crippen LogP contribution in [-0.2, 0) is 0 Å². The number of carbonyl (C=O) groups excluding carboxylic acids is 1. The Morgan fingerprint density at radius 1 is 1.06 bits per heavy atom. The largest absolute Gasteiger partial charge is 0.302 e. The Labute approximate surface area is 98.5 Å². The fourth-order valence-corrected chi connectivity index (χ4v) is 2.40. The minimum atomic E-state index is -0.0192. The van der Waals surface area contributed by atoms with E-state index in [0.717, 1.165) is 21.9 Å². The molecule has 0 N–H and O–H groups in total. The molecule has 0 fully saturated rings. The highest BCUT2D eigenvalue weighted by Gasteiger charge is 2.26. The van der Waals surface area contributed by atoms with Gasteiger partial charge >= 0.3 is 0 Å². The molecule has 3 rings (SSSR count). The highest BCUT2D eigenvalue weighted by Crippen LogP contribution is 2.29. The van der Waals surface area contributed by atoms with Crippen molar-refractivity contribution in [3.05, 3.63) is 47.5 Å². The number of carbonyl (C=O) groups is 1. The normalized spacial score (nSPS) is 14.7. The Balaban J connectivity index is 2.52. The zero-order valence-corrected chi connectivity index (χ0v) is 9.54. The van der Waals surface area contributed by atoms with Crippen molar-refractivity contribution in [1.82, 2.24) is 4.90 Å². The molecule has 3 heteroatoms. The number of hydrogen-bond acceptors (Lipinski definition) is 2. The van der Waals surface area contributed by atoms with Crippen molar-refractivity contribution in [2.24, 2.45) is 0 Å². The molecule has 78 valence electrons. The third kappa shape index (κ3) is 1.06. The Kier molecular flexibility index (Phi) is 1.85. The Hall–Kier alpha value is -1.74. The molecule has 1 amide bonds. The lowest BCUT2D eigenvalue weighted by Gasteiger charge is -2.25. The molecule has 0 spiro atoms. The number of benzene rings is 2. The van der Waals surface area contributed by atoms with Gasteiger partial charge in [0.1, 0.15) is 4.99 Å². The van der Waals surface area contributed by atoms with E-state index in [0.29, 0.717) is 4.99 Å². The van der Waals surface area contributed by atoms with Crippen LogP contribution in [-0.4, -0.2) is 22.8 Å². The second-order valence-electron chi connectivity index (χ2n) is 3.88. The van der Waals surface area contributed by atoms with Crippen molar-refractivity contribution < 1.29 is 4.79 Å². The topological polar surface area (TPSA) is 20.3 Å². The van der Waals surface area contributed by atoms with Gasteiger partial charge in [-0.05, 0) is 11.5 Å². The number of hydrogen-bond donors (Lipinski definition) is 0. The highest BCUT2D eigenvalue weighted by molar-refractivity contribution is 7.80. The number of amides is 1. The van der Waals surface area contributed by atoms with Gasteiger partial charge in [0.05, 0.1) is 0 Å². The fraction of sp³-hybridized carbons (Fsp3) is 0.0769. The maximum atomic E-state index is 12.1. The van der Waals surface area contributed by atoms with E-state index in [1.807, 2.05) is 36.4 Å². The summed E-state index contributed by atoms with van der Waals surface area (Å²) in [5.41, 5.74) is 1.72. The molecule has 0 saturated carbocycles. The van der Waals surface area contributed by atoms with Crippen LogP contribution in [0.1, 0.15) is 15.9 Å². The Morgan fingerprint density at radius 2 is 1.69 bits per heavy atom. The molecule has 0 atom stereocenters. The Bertz CT molecular complexity index is 582. The van der Waals surface area contributed by atoms with E-state index in [2.05, 4.69) is 0 Å². The van der Waals surface area contributed by atoms with Gasteiger partial charge in [0.25, 0.3) is 5.91 Å². The molecule has 0 aliphatic carbocycles. The van der Waals surface area contributed by atoms with Crippen LogP contribution < -0.4 is 0 Å². The minimum absolute atomic E-state index is 0.0192. The van der Waals surface area contributed by atoms with Crippen LogP contribution in [0.25, 0.3) is 10.8 Å². The minimum Gasteiger partial charge on any atom is -0.302 e. The summed E-state index contributed by atoms with van der Waals surface area (Å²) in [4.78, 5) is 14.2. The van der Waals surface area contributed by atoms with Gasteiger partial charge in [-0.25, -0.2) is 0 Å². The summed E-state index contributed by atoms with van der Waals surface area (Å²) in [6.45, 7) is 0. The van der Waals surface area contributed by atoms with Gasteiger partial charge < -0.3 is 4.90 Å². The molecule has 0 unspecified atom stereocenters. The van der Waals surface area contributed by atoms with E-state index in [-0.39, 0.29) is 5.91 Å². The van der Waals surface area contributed by atoms with E-state index in [1.165, 1.54) is 4.90 Å². The number of rotatable bonds is 0. The van der Waals surface area contributed by atoms with Crippen LogP contribution in [0.2, 0.25) is 0 Å². The molecule has 0 radical (unpaired) electrons. The van der Waals surface area contributed by atoms with Crippen molar-refractivity contribution in [3.8, 4) is 0 Å². The predicted molar refractivity (Wildman–Crippen MR) is 67.7 cm³/mol. The predicted octanol–water partition coefficient (Wildman–Crippen LogP) is 2.60. The van der Waals surface area contributed by atoms with Crippen LogP contribution in [0.15, 0.2) is 36.4 Å². The van der Waals surface area contributed by atoms with E-state index in [9.17, 15) is 4.79 Å². The first-order chi connectivity index (χ1) is 7.70. The zero-order chi connectivity index (χ0) is 11.3. The molecule has 1 aliphatic heterocycles. The van der Waals surface area contributed by atoms with E-state index in [4.69, 9.17) is 12.2 Å². The number of thiocarbonyl (C=S) groups is 1. The van der Waals surface area contributed by atoms with Gasteiger partial charge in [0, 0.05) is 23.6 Å². The monoisotopic (exact) mass is 227 g/mol. The van der Waals surface area contributed by atoms with E-state index in [1.54, 1.807) is 7.05 Å². The van der Waals surface area contributed by atoms with Crippen molar-refractivity contribution in [1.29, 1.82) is 0 Å². The summed E-state index contributed by atoms with van der Waals surface area (Å²) in [7, 11) is 1.72. The maximum absolute atomic E-state index is 12.1. The summed E-state index contributed by atoms with van der Waals surface area (Å²) in [5.74, 6) is -0.0192. The fourth-order valence-electron chi connectivity index (χ4n) is 2.15. The molecule has 0 aromatic heterocycles. The van der Waals surface area contributed by atoms with Crippen LogP contribution in [0, 0.1) is 0 Å². The third-order valence-electron chi connectivity index (χ3n) is 2.97. The lowest BCUT2D eigenvalue weighted by molar-refractivity contribution is 0.0873. The summed E-state index contributed by atoms with van der Waals surface area (Å²) < 4.78 is 0. The molecular formula is C13H9NOS. The van der Waals surface area contributed by atoms with Crippen LogP contribution in [0.5, 0.6) is 0 Å². The summed E-state index contributed by atoms with van der Waals surface area (Å²) in [6.07, 6.45) is 0. The van der Waals surface area contributed by atoms with E-state index >= 15 is 0 Å². The number of nitrogens with zero attached hydrogens (tertiary/aromatic N) is 1. The van der Waals surface area contributed by atoms with Crippen LogP contribution in [0.3, 0.4) is 0 Å². The first-order valence-corrected chi connectivity index (χ1v) is 5.45. The molecule has 1 aliphatic rings. The van der Waals surface area contributed by atoms with E-state index < -0.39 is 0 Å². The molecular weight excluding hydrogens is 218 g/mol. The van der Waals surface area contributed by atoms with Gasteiger partial charge in [-0.1, -0.05) is 42.5 Å². The molecule has 2 aromatic carbocycles. The van der Waals surface area contributed by atoms with Crippen molar-refractivity contribution in [2.75, 3.05) is 7.05 Å². The smallest absolute Gasteiger partial charge is 0.259 e. The molecule has 0 saturated heterocycles. The SMILES string of the molecule is CN1C(=O)c2cccc3cccc(c23)C1=S. The van der Waals surface area contributed by atoms with Gasteiger partial charge in [-0.3, -0.25) is 4.79 Å². The first-order valence-electron chi connectivity index (χ1n) is 5.04. The van der Waals surface area contributed by atoms with Crippen LogP contribution >= 0.6 is 12.2 Å². The molecule has 0 bridgehead atoms. The lowest BCUT2D eigenvalue weighted by Crippen LogP contribution is -2.36. The summed E-state index contributed by atoms with van der Waals surface area (Å²) in [6, 6.07) is 11.7. The summed E-state index contributed by atoms with van der Waals surface area (Å²) >= 11 is 5.30. The van der Waals surface area contributed by atoms with Crippen molar-refractivity contribution in [3.63, 3.8) is 0 Å². The average Bonchev–Trinajstić information content (AvgIpc) is 2.33. The van der Waals surface area contributed by atoms with Gasteiger partial charge in [0.15, 0.2) is 0 Å². The second kappa shape index (κ2) is 3.12. The van der Waals surface area contributed by atoms with Gasteiger partial charge in [-0.2, -0.15) is 0 Å². The zero-order valence-electron chi connectivity index (χ0n) is 8.73.